The summed E-state index contributed by atoms with van der Waals surface area (Å²) in [5, 5.41) is 36.4. The molecule has 37 heavy (non-hydrogen) atoms. The fraction of sp³-hybridized carbons (Fsp3) is 0.667. The monoisotopic (exact) mass is 527 g/mol. The lowest BCUT2D eigenvalue weighted by atomic mass is 9.92. The number of carboxylic acid groups (broad SMARTS) is 4. The molecule has 0 aromatic rings. The fourth-order valence-electron chi connectivity index (χ4n) is 4.12. The van der Waals surface area contributed by atoms with Crippen LogP contribution in [0.2, 0.25) is 0 Å². The van der Waals surface area contributed by atoms with Crippen LogP contribution in [-0.2, 0) is 19.2 Å². The van der Waals surface area contributed by atoms with Crippen molar-refractivity contribution in [2.45, 2.75) is 88.4 Å². The van der Waals surface area contributed by atoms with Gasteiger partial charge in [0.15, 0.2) is 0 Å². The molecule has 210 valence electrons. The third kappa shape index (κ3) is 11.7. The van der Waals surface area contributed by atoms with E-state index in [1.54, 1.807) is 0 Å². The van der Waals surface area contributed by atoms with Gasteiger partial charge < -0.3 is 48.3 Å². The van der Waals surface area contributed by atoms with E-state index >= 15 is 0 Å². The second kappa shape index (κ2) is 16.0. The summed E-state index contributed by atoms with van der Waals surface area (Å²) >= 11 is 0. The number of carbonyl (C=O) groups is 4. The third-order valence-electron chi connectivity index (χ3n) is 6.42. The lowest BCUT2D eigenvalue weighted by Crippen LogP contribution is -2.34. The van der Waals surface area contributed by atoms with Gasteiger partial charge in [0.2, 0.25) is 0 Å². The van der Waals surface area contributed by atoms with E-state index in [1.165, 1.54) is 0 Å². The maximum Gasteiger partial charge on any atom is 0.320 e. The normalized spacial score (nSPS) is 17.1. The van der Waals surface area contributed by atoms with Gasteiger partial charge in [0.25, 0.3) is 0 Å². The molecule has 0 radical (unpaired) electrons. The van der Waals surface area contributed by atoms with Gasteiger partial charge in [-0.2, -0.15) is 0 Å². The maximum atomic E-state index is 11.3. The number of aliphatic carboxylic acids is 4. The summed E-state index contributed by atoms with van der Waals surface area (Å²) in [4.78, 5) is 46.6. The molecule has 0 saturated heterocycles. The smallest absolute Gasteiger partial charge is 0.320 e. The molecule has 1 rings (SSSR count). The van der Waals surface area contributed by atoms with Crippen LogP contribution in [0.5, 0.6) is 0 Å². The third-order valence-corrected chi connectivity index (χ3v) is 6.42. The minimum Gasteiger partial charge on any atom is -0.480 e. The van der Waals surface area contributed by atoms with Crippen LogP contribution in [0.3, 0.4) is 0 Å². The maximum absolute atomic E-state index is 11.3. The number of hydrogen-bond acceptors (Lipinski definition) is 9. The van der Waals surface area contributed by atoms with E-state index in [2.05, 4.69) is 4.90 Å². The van der Waals surface area contributed by atoms with E-state index in [9.17, 15) is 24.3 Å². The van der Waals surface area contributed by atoms with E-state index in [1.807, 2.05) is 6.08 Å². The zero-order valence-corrected chi connectivity index (χ0v) is 21.1. The van der Waals surface area contributed by atoms with E-state index < -0.39 is 48.0 Å². The van der Waals surface area contributed by atoms with Gasteiger partial charge >= 0.3 is 23.9 Å². The first-order valence-electron chi connectivity index (χ1n) is 12.4. The van der Waals surface area contributed by atoms with E-state index in [4.69, 9.17) is 38.3 Å². The van der Waals surface area contributed by atoms with Crippen molar-refractivity contribution in [3.05, 3.63) is 22.9 Å². The zero-order chi connectivity index (χ0) is 28.1. The largest absolute Gasteiger partial charge is 0.480 e. The number of nitrogens with two attached hydrogens (primary N) is 4. The van der Waals surface area contributed by atoms with Gasteiger partial charge in [0.1, 0.15) is 24.2 Å². The number of rotatable bonds is 19. The Bertz CT molecular complexity index is 875. The number of unbranched alkanes of at least 4 members (excludes halogenated alkanes) is 1. The van der Waals surface area contributed by atoms with Crippen LogP contribution in [0.4, 0.5) is 0 Å². The van der Waals surface area contributed by atoms with Gasteiger partial charge in [-0.05, 0) is 69.8 Å². The van der Waals surface area contributed by atoms with Crippen molar-refractivity contribution in [3.63, 3.8) is 0 Å². The summed E-state index contributed by atoms with van der Waals surface area (Å²) in [6, 6.07) is -4.02. The predicted octanol–water partition coefficient (Wildman–Crippen LogP) is 0.0311. The Morgan fingerprint density at radius 2 is 1.14 bits per heavy atom. The summed E-state index contributed by atoms with van der Waals surface area (Å²) < 4.78 is 0. The number of allylic oxidation sites excluding steroid dienone is 3. The van der Waals surface area contributed by atoms with E-state index in [-0.39, 0.29) is 19.3 Å². The summed E-state index contributed by atoms with van der Waals surface area (Å²) in [6.07, 6.45) is 5.92. The van der Waals surface area contributed by atoms with Gasteiger partial charge in [0, 0.05) is 18.8 Å². The average Bonchev–Trinajstić information content (AvgIpc) is 2.83. The molecule has 4 unspecified atom stereocenters. The van der Waals surface area contributed by atoms with Crippen LogP contribution in [0, 0.1) is 0 Å². The summed E-state index contributed by atoms with van der Waals surface area (Å²) in [5.41, 5.74) is 25.4. The standard InChI is InChI=1S/C24H41N5O8/c25-16(21(30)31)4-1-2-11-29-13-14(7-9-18(27)23(34)35)12-15(8-10-19(28)24(36)37)20(29)6-3-5-17(26)22(32)33/h12,16-19H,1-11,13,25-28H2,(H,30,31)(H,32,33)(H,34,35)(H,36,37). The fourth-order valence-corrected chi connectivity index (χ4v) is 4.12. The van der Waals surface area contributed by atoms with Crippen LogP contribution >= 0.6 is 0 Å². The van der Waals surface area contributed by atoms with Gasteiger partial charge in [-0.15, -0.1) is 0 Å². The highest BCUT2D eigenvalue weighted by atomic mass is 16.4. The molecule has 0 aromatic carbocycles. The van der Waals surface area contributed by atoms with Crippen molar-refractivity contribution in [2.75, 3.05) is 13.1 Å². The highest BCUT2D eigenvalue weighted by Crippen LogP contribution is 2.31. The second-order valence-corrected chi connectivity index (χ2v) is 9.44. The first kappa shape index (κ1) is 32.0. The van der Waals surface area contributed by atoms with Crippen LogP contribution in [-0.4, -0.2) is 86.5 Å². The number of nitrogens with zero attached hydrogens (tertiary/aromatic N) is 1. The number of hydrogen-bond donors (Lipinski definition) is 8. The molecule has 0 bridgehead atoms. The van der Waals surface area contributed by atoms with Gasteiger partial charge in [-0.25, -0.2) is 0 Å². The molecule has 0 aliphatic carbocycles. The minimum absolute atomic E-state index is 0.183. The molecule has 1 aliphatic rings. The Morgan fingerprint density at radius 3 is 1.65 bits per heavy atom. The summed E-state index contributed by atoms with van der Waals surface area (Å²) in [5.74, 6) is -4.37. The Kier molecular flexibility index (Phi) is 13.8. The van der Waals surface area contributed by atoms with Crippen molar-refractivity contribution >= 4 is 23.9 Å². The second-order valence-electron chi connectivity index (χ2n) is 9.44. The van der Waals surface area contributed by atoms with Crippen molar-refractivity contribution < 1.29 is 39.6 Å². The Balaban J connectivity index is 3.14. The van der Waals surface area contributed by atoms with Crippen molar-refractivity contribution in [1.82, 2.24) is 4.90 Å². The Morgan fingerprint density at radius 1 is 0.676 bits per heavy atom. The molecular weight excluding hydrogens is 486 g/mol. The Labute approximate surface area is 216 Å². The molecular formula is C24H41N5O8. The highest BCUT2D eigenvalue weighted by Gasteiger charge is 2.24. The molecule has 13 nitrogen and oxygen atoms in total. The first-order chi connectivity index (χ1) is 17.3. The molecule has 0 aromatic heterocycles. The molecule has 0 amide bonds. The summed E-state index contributed by atoms with van der Waals surface area (Å²) in [6.45, 7) is 1.05. The van der Waals surface area contributed by atoms with Crippen LogP contribution in [0.15, 0.2) is 22.9 Å². The molecule has 12 N–H and O–H groups in total. The molecule has 0 spiro atoms. The highest BCUT2D eigenvalue weighted by molar-refractivity contribution is 5.74. The zero-order valence-electron chi connectivity index (χ0n) is 21.1. The van der Waals surface area contributed by atoms with E-state index in [0.29, 0.717) is 58.0 Å². The molecule has 13 heteroatoms. The first-order valence-corrected chi connectivity index (χ1v) is 12.4. The average molecular weight is 528 g/mol. The van der Waals surface area contributed by atoms with Gasteiger partial charge in [-0.1, -0.05) is 11.6 Å². The molecule has 1 heterocycles. The molecule has 1 aliphatic heterocycles. The number of carboxylic acids is 4. The van der Waals surface area contributed by atoms with Gasteiger partial charge in [-0.3, -0.25) is 19.2 Å². The van der Waals surface area contributed by atoms with E-state index in [0.717, 1.165) is 16.8 Å². The molecule has 4 atom stereocenters. The molecule has 0 fully saturated rings. The van der Waals surface area contributed by atoms with Crippen molar-refractivity contribution in [3.8, 4) is 0 Å². The van der Waals surface area contributed by atoms with Crippen LogP contribution < -0.4 is 22.9 Å². The quantitative estimate of drug-likeness (QED) is 0.103. The van der Waals surface area contributed by atoms with Crippen LogP contribution in [0.1, 0.15) is 64.2 Å². The topological polar surface area (TPSA) is 257 Å². The Hall–Kier alpha value is -3.00. The lowest BCUT2D eigenvalue weighted by molar-refractivity contribution is -0.139. The minimum atomic E-state index is -1.12. The van der Waals surface area contributed by atoms with Crippen LogP contribution in [0.25, 0.3) is 0 Å². The lowest BCUT2D eigenvalue weighted by Gasteiger charge is -2.35. The van der Waals surface area contributed by atoms with Crippen molar-refractivity contribution in [2.24, 2.45) is 22.9 Å². The summed E-state index contributed by atoms with van der Waals surface area (Å²) in [7, 11) is 0. The van der Waals surface area contributed by atoms with Gasteiger partial charge in [0.05, 0.1) is 0 Å². The predicted molar refractivity (Wildman–Crippen MR) is 135 cm³/mol. The van der Waals surface area contributed by atoms with Crippen molar-refractivity contribution in [1.29, 1.82) is 0 Å². The SMILES string of the molecule is NC(CCCCN1CC(CCC(N)C(=O)O)=CC(CCC(N)C(=O)O)=C1CCCC(N)C(=O)O)C(=O)O. The molecule has 0 saturated carbocycles.